The van der Waals surface area contributed by atoms with Crippen molar-refractivity contribution in [2.45, 2.75) is 20.4 Å². The van der Waals surface area contributed by atoms with Crippen LogP contribution in [0.15, 0.2) is 36.4 Å². The summed E-state index contributed by atoms with van der Waals surface area (Å²) in [6.07, 6.45) is 0. The number of amides is 2. The van der Waals surface area contributed by atoms with E-state index in [-0.39, 0.29) is 19.6 Å². The number of benzene rings is 2. The van der Waals surface area contributed by atoms with Crippen molar-refractivity contribution >= 4 is 6.03 Å². The van der Waals surface area contributed by atoms with Crippen LogP contribution in [-0.4, -0.2) is 19.6 Å². The molecule has 6 heteroatoms. The lowest BCUT2D eigenvalue weighted by molar-refractivity contribution is 0.174. The molecule has 2 aromatic rings. The zero-order valence-corrected chi connectivity index (χ0v) is 13.7. The Hall–Kier alpha value is -2.89. The maximum absolute atomic E-state index is 11.8. The molecule has 2 N–H and O–H groups in total. The molecule has 0 saturated carbocycles. The minimum absolute atomic E-state index is 0.108. The van der Waals surface area contributed by atoms with Crippen LogP contribution < -0.4 is 24.8 Å². The van der Waals surface area contributed by atoms with Crippen molar-refractivity contribution in [3.05, 3.63) is 53.1 Å². The summed E-state index contributed by atoms with van der Waals surface area (Å²) in [7, 11) is 0. The van der Waals surface area contributed by atoms with E-state index in [9.17, 15) is 4.79 Å². The average molecular weight is 328 g/mol. The Morgan fingerprint density at radius 3 is 2.75 bits per heavy atom. The maximum Gasteiger partial charge on any atom is 0.317 e. The lowest BCUT2D eigenvalue weighted by Gasteiger charge is -2.11. The van der Waals surface area contributed by atoms with Gasteiger partial charge < -0.3 is 24.8 Å². The average Bonchev–Trinajstić information content (AvgIpc) is 3.02. The Morgan fingerprint density at radius 1 is 1.08 bits per heavy atom. The van der Waals surface area contributed by atoms with Crippen molar-refractivity contribution in [2.24, 2.45) is 0 Å². The molecular formula is C18H20N2O4. The summed E-state index contributed by atoms with van der Waals surface area (Å²) in [6.45, 7) is 4.74. The Balaban J connectivity index is 1.43. The smallest absolute Gasteiger partial charge is 0.317 e. The number of carbonyl (C=O) groups is 1. The summed E-state index contributed by atoms with van der Waals surface area (Å²) in [4.78, 5) is 11.8. The highest BCUT2D eigenvalue weighted by atomic mass is 16.7. The molecule has 24 heavy (non-hydrogen) atoms. The third-order valence-corrected chi connectivity index (χ3v) is 3.68. The molecule has 1 aliphatic rings. The van der Waals surface area contributed by atoms with Gasteiger partial charge in [0, 0.05) is 6.54 Å². The Bertz CT molecular complexity index is 746. The van der Waals surface area contributed by atoms with Crippen LogP contribution in [0.5, 0.6) is 17.2 Å². The topological polar surface area (TPSA) is 68.8 Å². The van der Waals surface area contributed by atoms with Gasteiger partial charge in [0.15, 0.2) is 18.2 Å². The molecule has 2 amide bonds. The number of hydrogen-bond donors (Lipinski definition) is 2. The Morgan fingerprint density at radius 2 is 1.92 bits per heavy atom. The first kappa shape index (κ1) is 16.0. The summed E-state index contributed by atoms with van der Waals surface area (Å²) in [6, 6.07) is 11.2. The predicted molar refractivity (Wildman–Crippen MR) is 89.3 cm³/mol. The molecule has 0 aliphatic carbocycles. The van der Waals surface area contributed by atoms with E-state index in [1.807, 2.05) is 50.2 Å². The summed E-state index contributed by atoms with van der Waals surface area (Å²) >= 11 is 0. The fourth-order valence-electron chi connectivity index (χ4n) is 2.44. The van der Waals surface area contributed by atoms with Crippen molar-refractivity contribution in [1.82, 2.24) is 10.6 Å². The molecular weight excluding hydrogens is 308 g/mol. The molecule has 0 saturated heterocycles. The van der Waals surface area contributed by atoms with Crippen LogP contribution in [0.25, 0.3) is 0 Å². The van der Waals surface area contributed by atoms with E-state index >= 15 is 0 Å². The van der Waals surface area contributed by atoms with Gasteiger partial charge in [-0.3, -0.25) is 0 Å². The minimum Gasteiger partial charge on any atom is -0.473 e. The maximum atomic E-state index is 11.8. The number of carbonyl (C=O) groups excluding carboxylic acids is 1. The van der Waals surface area contributed by atoms with Crippen molar-refractivity contribution < 1.29 is 19.0 Å². The van der Waals surface area contributed by atoms with Gasteiger partial charge in [0.1, 0.15) is 5.75 Å². The number of fused-ring (bicyclic) bond motifs is 1. The van der Waals surface area contributed by atoms with Gasteiger partial charge in [-0.1, -0.05) is 23.8 Å². The van der Waals surface area contributed by atoms with E-state index < -0.39 is 0 Å². The minimum atomic E-state index is -0.294. The third kappa shape index (κ3) is 3.90. The van der Waals surface area contributed by atoms with Crippen LogP contribution >= 0.6 is 0 Å². The summed E-state index contributed by atoms with van der Waals surface area (Å²) in [5.74, 6) is 2.19. The zero-order valence-electron chi connectivity index (χ0n) is 13.7. The molecule has 1 aliphatic heterocycles. The summed E-state index contributed by atoms with van der Waals surface area (Å²) < 4.78 is 16.1. The van der Waals surface area contributed by atoms with E-state index in [1.54, 1.807) is 0 Å². The fraction of sp³-hybridized carbons (Fsp3) is 0.278. The SMILES string of the molecule is Cc1ccc(OCNC(=O)NCc2ccc3c(c2)OCO3)c(C)c1. The Labute approximate surface area is 140 Å². The molecule has 0 radical (unpaired) electrons. The van der Waals surface area contributed by atoms with Crippen LogP contribution in [0.3, 0.4) is 0 Å². The van der Waals surface area contributed by atoms with E-state index in [1.165, 1.54) is 5.56 Å². The lowest BCUT2D eigenvalue weighted by atomic mass is 10.1. The second kappa shape index (κ2) is 7.12. The van der Waals surface area contributed by atoms with E-state index in [0.29, 0.717) is 12.3 Å². The van der Waals surface area contributed by atoms with E-state index in [4.69, 9.17) is 14.2 Å². The number of rotatable bonds is 5. The van der Waals surface area contributed by atoms with Crippen LogP contribution in [0.4, 0.5) is 4.79 Å². The molecule has 0 spiro atoms. The van der Waals surface area contributed by atoms with Gasteiger partial charge in [0.25, 0.3) is 0 Å². The zero-order chi connectivity index (χ0) is 16.9. The fourth-order valence-corrected chi connectivity index (χ4v) is 2.44. The van der Waals surface area contributed by atoms with Gasteiger partial charge in [-0.25, -0.2) is 4.79 Å². The number of hydrogen-bond acceptors (Lipinski definition) is 4. The van der Waals surface area contributed by atoms with Gasteiger partial charge in [-0.2, -0.15) is 0 Å². The first-order valence-electron chi connectivity index (χ1n) is 7.72. The summed E-state index contributed by atoms with van der Waals surface area (Å²) in [5.41, 5.74) is 3.15. The van der Waals surface area contributed by atoms with Crippen LogP contribution in [0, 0.1) is 13.8 Å². The monoisotopic (exact) mass is 328 g/mol. The molecule has 126 valence electrons. The largest absolute Gasteiger partial charge is 0.473 e. The second-order valence-electron chi connectivity index (χ2n) is 5.60. The highest BCUT2D eigenvalue weighted by molar-refractivity contribution is 5.73. The van der Waals surface area contributed by atoms with Gasteiger partial charge in [-0.15, -0.1) is 0 Å². The highest BCUT2D eigenvalue weighted by Gasteiger charge is 2.13. The molecule has 0 bridgehead atoms. The molecule has 0 aromatic heterocycles. The quantitative estimate of drug-likeness (QED) is 0.828. The number of urea groups is 1. The van der Waals surface area contributed by atoms with Crippen molar-refractivity contribution in [3.8, 4) is 17.2 Å². The number of ether oxygens (including phenoxy) is 3. The van der Waals surface area contributed by atoms with E-state index in [0.717, 1.165) is 22.6 Å². The molecule has 0 fully saturated rings. The van der Waals surface area contributed by atoms with Gasteiger partial charge in [-0.05, 0) is 43.2 Å². The standard InChI is InChI=1S/C18H20N2O4/c1-12-3-5-15(13(2)7-12)22-10-20-18(21)19-9-14-4-6-16-17(8-14)24-11-23-16/h3-8H,9-11H2,1-2H3,(H2,19,20,21). The molecule has 1 heterocycles. The normalized spacial score (nSPS) is 11.9. The van der Waals surface area contributed by atoms with Crippen LogP contribution in [-0.2, 0) is 6.54 Å². The van der Waals surface area contributed by atoms with Crippen LogP contribution in [0.1, 0.15) is 16.7 Å². The summed E-state index contributed by atoms with van der Waals surface area (Å²) in [5, 5.41) is 5.44. The molecule has 3 rings (SSSR count). The molecule has 0 atom stereocenters. The first-order chi connectivity index (χ1) is 11.6. The molecule has 6 nitrogen and oxygen atoms in total. The third-order valence-electron chi connectivity index (χ3n) is 3.68. The number of nitrogens with one attached hydrogen (secondary N) is 2. The van der Waals surface area contributed by atoms with Crippen molar-refractivity contribution in [3.63, 3.8) is 0 Å². The number of aryl methyl sites for hydroxylation is 2. The Kier molecular flexibility index (Phi) is 4.74. The van der Waals surface area contributed by atoms with Crippen molar-refractivity contribution in [2.75, 3.05) is 13.5 Å². The molecule has 2 aromatic carbocycles. The van der Waals surface area contributed by atoms with Crippen molar-refractivity contribution in [1.29, 1.82) is 0 Å². The highest BCUT2D eigenvalue weighted by Crippen LogP contribution is 2.32. The predicted octanol–water partition coefficient (Wildman–Crippen LogP) is 2.87. The van der Waals surface area contributed by atoms with Crippen LogP contribution in [0.2, 0.25) is 0 Å². The van der Waals surface area contributed by atoms with Gasteiger partial charge >= 0.3 is 6.03 Å². The van der Waals surface area contributed by atoms with E-state index in [2.05, 4.69) is 10.6 Å². The molecule has 0 unspecified atom stereocenters. The lowest BCUT2D eigenvalue weighted by Crippen LogP contribution is -2.37. The second-order valence-corrected chi connectivity index (χ2v) is 5.60. The van der Waals surface area contributed by atoms with Gasteiger partial charge in [0.2, 0.25) is 6.79 Å². The first-order valence-corrected chi connectivity index (χ1v) is 7.72. The van der Waals surface area contributed by atoms with Gasteiger partial charge in [0.05, 0.1) is 0 Å².